The van der Waals surface area contributed by atoms with E-state index in [0.717, 1.165) is 13.1 Å². The summed E-state index contributed by atoms with van der Waals surface area (Å²) in [5.74, 6) is -1.04. The van der Waals surface area contributed by atoms with Crippen molar-refractivity contribution in [2.75, 3.05) is 19.6 Å². The molecule has 1 saturated heterocycles. The number of alkyl halides is 2. The van der Waals surface area contributed by atoms with Crippen LogP contribution in [0, 0.1) is 0 Å². The zero-order chi connectivity index (χ0) is 12.3. The number of halogens is 1. The second-order valence-corrected chi connectivity index (χ2v) is 9.18. The standard InChI is InChI=1S/C11H23INO3/c1-8-5-13(6-9(2)14)7-10(12-8)16-11(3,4)15/h8-10,14-15H,5-7H2,1-4H3/q-1/t8-,9+,10?/m0/s1. The van der Waals surface area contributed by atoms with E-state index in [9.17, 15) is 10.2 Å². The first-order chi connectivity index (χ1) is 7.26. The molecule has 0 aromatic carbocycles. The van der Waals surface area contributed by atoms with Gasteiger partial charge < -0.3 is 0 Å². The Morgan fingerprint density at radius 1 is 1.50 bits per heavy atom. The van der Waals surface area contributed by atoms with Crippen molar-refractivity contribution in [2.45, 2.75) is 47.6 Å². The molecule has 0 aromatic heterocycles. The number of hydrogen-bond acceptors (Lipinski definition) is 4. The van der Waals surface area contributed by atoms with Gasteiger partial charge in [0.2, 0.25) is 0 Å². The Morgan fingerprint density at radius 2 is 2.12 bits per heavy atom. The molecule has 0 amide bonds. The molecule has 0 spiro atoms. The molecule has 0 aliphatic carbocycles. The molecule has 1 aliphatic heterocycles. The van der Waals surface area contributed by atoms with Crippen molar-refractivity contribution in [3.63, 3.8) is 0 Å². The molecule has 4 nitrogen and oxygen atoms in total. The molecule has 0 radical (unpaired) electrons. The molecule has 0 aromatic rings. The van der Waals surface area contributed by atoms with Gasteiger partial charge in [-0.05, 0) is 0 Å². The van der Waals surface area contributed by atoms with Crippen LogP contribution < -0.4 is 21.2 Å². The fourth-order valence-corrected chi connectivity index (χ4v) is 5.56. The van der Waals surface area contributed by atoms with E-state index in [-0.39, 0.29) is 31.4 Å². The first-order valence-corrected chi connectivity index (χ1v) is 8.18. The summed E-state index contributed by atoms with van der Waals surface area (Å²) in [5.41, 5.74) is 0. The van der Waals surface area contributed by atoms with Gasteiger partial charge in [0.15, 0.2) is 0 Å². The molecule has 1 fully saturated rings. The normalized spacial score (nSPS) is 30.9. The number of hydrogen-bond donors (Lipinski definition) is 2. The molecule has 1 rings (SSSR count). The van der Waals surface area contributed by atoms with Gasteiger partial charge in [-0.3, -0.25) is 0 Å². The van der Waals surface area contributed by atoms with Gasteiger partial charge in [-0.15, -0.1) is 0 Å². The number of nitrogens with zero attached hydrogens (tertiary/aromatic N) is 1. The van der Waals surface area contributed by atoms with E-state index < -0.39 is 5.79 Å². The monoisotopic (exact) mass is 344 g/mol. The number of aliphatic hydroxyl groups is 2. The zero-order valence-electron chi connectivity index (χ0n) is 10.5. The van der Waals surface area contributed by atoms with Crippen LogP contribution in [0.15, 0.2) is 0 Å². The maximum atomic E-state index is 9.65. The molecule has 0 saturated carbocycles. The van der Waals surface area contributed by atoms with E-state index in [1.807, 2.05) is 0 Å². The van der Waals surface area contributed by atoms with Crippen LogP contribution in [0.4, 0.5) is 0 Å². The molecule has 1 unspecified atom stereocenters. The van der Waals surface area contributed by atoms with E-state index in [2.05, 4.69) is 11.8 Å². The molecule has 2 N–H and O–H groups in total. The second kappa shape index (κ2) is 5.95. The van der Waals surface area contributed by atoms with E-state index in [4.69, 9.17) is 4.74 Å². The summed E-state index contributed by atoms with van der Waals surface area (Å²) in [4.78, 5) is 2.23. The van der Waals surface area contributed by atoms with Crippen LogP contribution in [-0.2, 0) is 4.74 Å². The minimum absolute atomic E-state index is 0.0386. The Kier molecular flexibility index (Phi) is 5.44. The number of rotatable bonds is 4. The Bertz CT molecular complexity index is 216. The summed E-state index contributed by atoms with van der Waals surface area (Å²) in [6, 6.07) is 0. The molecule has 5 heteroatoms. The quantitative estimate of drug-likeness (QED) is 0.330. The Hall–Kier alpha value is 0.570. The number of aliphatic hydroxyl groups excluding tert-OH is 1. The van der Waals surface area contributed by atoms with Crippen LogP contribution in [0.2, 0.25) is 0 Å². The predicted octanol–water partition coefficient (Wildman–Crippen LogP) is -2.77. The van der Waals surface area contributed by atoms with E-state index >= 15 is 0 Å². The molecule has 16 heavy (non-hydrogen) atoms. The first kappa shape index (κ1) is 14.6. The maximum absolute atomic E-state index is 9.65. The minimum atomic E-state index is -1.04. The van der Waals surface area contributed by atoms with E-state index in [0.29, 0.717) is 10.5 Å². The average Bonchev–Trinajstić information content (AvgIpc) is 1.96. The van der Waals surface area contributed by atoms with E-state index in [1.54, 1.807) is 20.8 Å². The van der Waals surface area contributed by atoms with Crippen molar-refractivity contribution < 1.29 is 36.2 Å². The summed E-state index contributed by atoms with van der Waals surface area (Å²) in [6.45, 7) is 9.96. The third-order valence-corrected chi connectivity index (χ3v) is 5.28. The van der Waals surface area contributed by atoms with Crippen molar-refractivity contribution >= 4 is 0 Å². The van der Waals surface area contributed by atoms with Gasteiger partial charge in [-0.1, -0.05) is 0 Å². The van der Waals surface area contributed by atoms with Crippen molar-refractivity contribution in [2.24, 2.45) is 0 Å². The van der Waals surface area contributed by atoms with Crippen molar-refractivity contribution in [1.29, 1.82) is 0 Å². The Morgan fingerprint density at radius 3 is 2.62 bits per heavy atom. The third-order valence-electron chi connectivity index (χ3n) is 2.21. The summed E-state index contributed by atoms with van der Waals surface area (Å²) in [7, 11) is 0. The fourth-order valence-electron chi connectivity index (χ4n) is 1.85. The molecule has 3 atom stereocenters. The third kappa shape index (κ3) is 5.77. The SMILES string of the molecule is C[C@@H](O)CN1CC(OC(C)(C)O)[I-][C@@H](C)C1. The molecule has 98 valence electrons. The summed E-state index contributed by atoms with van der Waals surface area (Å²) < 4.78 is 6.46. The van der Waals surface area contributed by atoms with E-state index in [1.165, 1.54) is 0 Å². The van der Waals surface area contributed by atoms with Crippen LogP contribution in [0.3, 0.4) is 0 Å². The Labute approximate surface area is 108 Å². The summed E-state index contributed by atoms with van der Waals surface area (Å²) in [5, 5.41) is 19.0. The van der Waals surface area contributed by atoms with Crippen LogP contribution in [-0.4, -0.2) is 54.7 Å². The molecule has 1 aliphatic rings. The zero-order valence-corrected chi connectivity index (χ0v) is 12.6. The summed E-state index contributed by atoms with van der Waals surface area (Å²) in [6.07, 6.45) is -0.300. The van der Waals surface area contributed by atoms with Gasteiger partial charge in [0.25, 0.3) is 0 Å². The Balaban J connectivity index is 2.47. The predicted molar refractivity (Wildman–Crippen MR) is 58.8 cm³/mol. The van der Waals surface area contributed by atoms with Crippen LogP contribution in [0.1, 0.15) is 27.7 Å². The number of ether oxygens (including phenoxy) is 1. The second-order valence-electron chi connectivity index (χ2n) is 4.95. The van der Waals surface area contributed by atoms with Crippen molar-refractivity contribution in [3.8, 4) is 0 Å². The van der Waals surface area contributed by atoms with Gasteiger partial charge in [-0.2, -0.15) is 0 Å². The number of β-amino-alcohol motifs (C(OH)–C–C–N with tert-alkyl or cyclic N) is 1. The van der Waals surface area contributed by atoms with Crippen molar-refractivity contribution in [1.82, 2.24) is 4.90 Å². The van der Waals surface area contributed by atoms with Crippen LogP contribution in [0.25, 0.3) is 0 Å². The van der Waals surface area contributed by atoms with Gasteiger partial charge in [0.1, 0.15) is 0 Å². The first-order valence-electron chi connectivity index (χ1n) is 5.69. The molecular weight excluding hydrogens is 321 g/mol. The molecule has 0 bridgehead atoms. The van der Waals surface area contributed by atoms with Gasteiger partial charge >= 0.3 is 108 Å². The summed E-state index contributed by atoms with van der Waals surface area (Å²) >= 11 is -0.0386. The van der Waals surface area contributed by atoms with Crippen LogP contribution in [0.5, 0.6) is 0 Å². The molecule has 1 heterocycles. The van der Waals surface area contributed by atoms with Gasteiger partial charge in [0.05, 0.1) is 0 Å². The van der Waals surface area contributed by atoms with Crippen molar-refractivity contribution in [3.05, 3.63) is 0 Å². The molecular formula is C11H23INO3-. The van der Waals surface area contributed by atoms with Crippen LogP contribution >= 0.6 is 0 Å². The average molecular weight is 344 g/mol. The van der Waals surface area contributed by atoms with Gasteiger partial charge in [0, 0.05) is 0 Å². The topological polar surface area (TPSA) is 52.9 Å². The van der Waals surface area contributed by atoms with Gasteiger partial charge in [-0.25, -0.2) is 0 Å². The fraction of sp³-hybridized carbons (Fsp3) is 1.00.